The van der Waals surface area contributed by atoms with E-state index >= 15 is 0 Å². The Bertz CT molecular complexity index is 6280. The molecule has 0 fully saturated rings. The Hall–Kier alpha value is -12.0. The number of ketones is 1. The molecule has 5 aromatic heterocycles. The molecule has 12 heteroatoms. The average molecular weight is 2110 g/mol. The van der Waals surface area contributed by atoms with Crippen molar-refractivity contribution in [1.29, 1.82) is 0 Å². The topological polar surface area (TPSA) is 102 Å². The van der Waals surface area contributed by atoms with E-state index in [1.807, 2.05) is 91.0 Å². The molecule has 679 valence electrons. The molecular weight excluding hydrogens is 2000 g/mol. The van der Waals surface area contributed by atoms with Gasteiger partial charge in [-0.2, -0.15) is 0 Å². The number of carbonyl (C=O) groups excluding carboxylic acids is 1. The van der Waals surface area contributed by atoms with E-state index in [4.69, 9.17) is 15.1 Å². The number of fused-ring (bicyclic) bond motifs is 11. The fourth-order valence-electron chi connectivity index (χ4n) is 18.7. The summed E-state index contributed by atoms with van der Waals surface area (Å²) in [7, 11) is 0. The fraction of sp³-hybridized carbons (Fsp3) is 0.256. The molecule has 1 N–H and O–H groups in total. The second kappa shape index (κ2) is 48.6. The van der Waals surface area contributed by atoms with Gasteiger partial charge in [-0.1, -0.05) is 372 Å². The molecule has 0 unspecified atom stereocenters. The van der Waals surface area contributed by atoms with Crippen molar-refractivity contribution in [2.75, 3.05) is 0 Å². The number of halogens is 3. The Labute approximate surface area is 812 Å². The van der Waals surface area contributed by atoms with Crippen LogP contribution in [0.4, 0.5) is 13.2 Å². The van der Waals surface area contributed by atoms with Crippen LogP contribution in [0.1, 0.15) is 209 Å². The number of nitrogens with zero attached hydrogens (tertiary/aromatic N) is 5. The van der Waals surface area contributed by atoms with Gasteiger partial charge >= 0.3 is 20.1 Å². The van der Waals surface area contributed by atoms with Crippen LogP contribution in [-0.4, -0.2) is 35.8 Å². The third kappa shape index (κ3) is 24.3. The number of aryl methyl sites for hydroxylation is 3. The zero-order valence-corrected chi connectivity index (χ0v) is 82.6. The van der Waals surface area contributed by atoms with Crippen LogP contribution in [-0.2, 0) is 55.8 Å². The zero-order chi connectivity index (χ0) is 91.6. The summed E-state index contributed by atoms with van der Waals surface area (Å²) >= 11 is 0. The molecule has 0 bridgehead atoms. The largest absolute Gasteiger partial charge is 3.00 e. The third-order valence-electron chi connectivity index (χ3n) is 25.4. The van der Waals surface area contributed by atoms with Crippen molar-refractivity contribution in [3.63, 3.8) is 0 Å². The first-order valence-corrected chi connectivity index (χ1v) is 46.9. The van der Waals surface area contributed by atoms with Crippen LogP contribution >= 0.6 is 0 Å². The number of benzene rings is 12. The SMILES string of the molecule is CC(=O)C=C(C)O.CCCCCCC1(CCCCCC)c2ccccc2-c2c[c-]c(-c3ccc4ccccc4n3)cc21.CCCCCCC1(CCCCCC)c2ccccc2-c2c[c-]c(-c3ccc4ccccc4n3)cc21.Cc1cc(-c2nccc3ccccc23)[c-]cc1F.Cc1cc(-c2nccc3ccccc23)[c-]cc1F.Cc1cc(-c2nccc3ccccc23)[c-]cc1F.[Ir+3].[Ir]. The van der Waals surface area contributed by atoms with E-state index in [-0.39, 0.29) is 80.0 Å². The van der Waals surface area contributed by atoms with Gasteiger partial charge in [0, 0.05) is 73.1 Å². The van der Waals surface area contributed by atoms with Crippen molar-refractivity contribution < 1.29 is 63.3 Å². The number of aromatic nitrogens is 5. The molecule has 12 aromatic carbocycles. The van der Waals surface area contributed by atoms with Crippen LogP contribution in [0.5, 0.6) is 0 Å². The average Bonchev–Trinajstić information content (AvgIpc) is 1.57. The monoisotopic (exact) mass is 2110 g/mol. The van der Waals surface area contributed by atoms with Gasteiger partial charge < -0.3 is 20.1 Å². The number of para-hydroxylation sites is 2. The van der Waals surface area contributed by atoms with Crippen molar-refractivity contribution in [2.45, 2.75) is 202 Å². The molecule has 2 aliphatic carbocycles. The van der Waals surface area contributed by atoms with Crippen molar-refractivity contribution in [3.8, 4) is 78.5 Å². The quantitative estimate of drug-likeness (QED) is 0.0249. The zero-order valence-electron chi connectivity index (χ0n) is 77.8. The molecule has 2 aliphatic rings. The summed E-state index contributed by atoms with van der Waals surface area (Å²) < 4.78 is 39.8. The van der Waals surface area contributed by atoms with E-state index < -0.39 is 0 Å². The minimum absolute atomic E-state index is 0. The summed E-state index contributed by atoms with van der Waals surface area (Å²) in [6, 6.07) is 109. The summed E-state index contributed by atoms with van der Waals surface area (Å²) in [5.74, 6) is -0.774. The summed E-state index contributed by atoms with van der Waals surface area (Å²) in [6.07, 6.45) is 32.3. The Morgan fingerprint density at radius 1 is 0.338 bits per heavy atom. The molecule has 133 heavy (non-hydrogen) atoms. The maximum Gasteiger partial charge on any atom is 3.00 e. The van der Waals surface area contributed by atoms with E-state index in [0.29, 0.717) is 16.7 Å². The smallest absolute Gasteiger partial charge is 0.512 e. The Balaban J connectivity index is 0.000000151. The molecular formula is C121H117F3Ir2N5O2-2. The predicted molar refractivity (Wildman–Crippen MR) is 539 cm³/mol. The number of pyridine rings is 5. The minimum Gasteiger partial charge on any atom is -0.512 e. The molecule has 7 nitrogen and oxygen atoms in total. The van der Waals surface area contributed by atoms with Gasteiger partial charge in [0.2, 0.25) is 0 Å². The van der Waals surface area contributed by atoms with Crippen LogP contribution in [0.3, 0.4) is 0 Å². The van der Waals surface area contributed by atoms with Crippen LogP contribution < -0.4 is 0 Å². The molecule has 0 aliphatic heterocycles. The molecule has 17 aromatic rings. The van der Waals surface area contributed by atoms with Crippen molar-refractivity contribution >= 4 is 59.9 Å². The number of carbonyl (C=O) groups is 1. The molecule has 0 saturated carbocycles. The van der Waals surface area contributed by atoms with Crippen molar-refractivity contribution in [1.82, 2.24) is 24.9 Å². The van der Waals surface area contributed by atoms with Crippen LogP contribution in [0.25, 0.3) is 133 Å². The maximum absolute atomic E-state index is 13.3. The van der Waals surface area contributed by atoms with Crippen LogP contribution in [0, 0.1) is 68.6 Å². The normalized spacial score (nSPS) is 12.2. The van der Waals surface area contributed by atoms with Gasteiger partial charge in [-0.25, -0.2) is 0 Å². The summed E-state index contributed by atoms with van der Waals surface area (Å²) in [5.41, 5.74) is 25.1. The second-order valence-corrected chi connectivity index (χ2v) is 34.8. The number of allylic oxidation sites excluding steroid dienone is 2. The number of aliphatic hydroxyl groups is 1. The van der Waals surface area contributed by atoms with Gasteiger partial charge in [-0.3, -0.25) is 27.9 Å². The fourth-order valence-corrected chi connectivity index (χ4v) is 18.7. The van der Waals surface area contributed by atoms with Gasteiger partial charge in [0.1, 0.15) is 0 Å². The molecule has 0 spiro atoms. The van der Waals surface area contributed by atoms with Gasteiger partial charge in [-0.15, -0.1) is 130 Å². The minimum atomic E-state index is -0.237. The first-order chi connectivity index (χ1) is 63.9. The molecule has 5 heterocycles. The molecule has 0 amide bonds. The van der Waals surface area contributed by atoms with E-state index in [1.54, 1.807) is 68.7 Å². The van der Waals surface area contributed by atoms with E-state index in [0.717, 1.165) is 99.6 Å². The van der Waals surface area contributed by atoms with Gasteiger partial charge in [0.15, 0.2) is 5.78 Å². The predicted octanol–water partition coefficient (Wildman–Crippen LogP) is 33.3. The van der Waals surface area contributed by atoms with Crippen molar-refractivity contribution in [3.05, 3.63) is 390 Å². The first-order valence-electron chi connectivity index (χ1n) is 46.9. The summed E-state index contributed by atoms with van der Waals surface area (Å²) in [4.78, 5) is 33.2. The molecule has 1 radical (unpaired) electrons. The first kappa shape index (κ1) is 100.0. The Kier molecular flexibility index (Phi) is 36.5. The number of hydrogen-bond donors (Lipinski definition) is 1. The second-order valence-electron chi connectivity index (χ2n) is 34.8. The van der Waals surface area contributed by atoms with Crippen LogP contribution in [0.2, 0.25) is 0 Å². The number of hydrogen-bond acceptors (Lipinski definition) is 7. The van der Waals surface area contributed by atoms with E-state index in [9.17, 15) is 18.0 Å². The number of rotatable bonds is 26. The molecule has 0 atom stereocenters. The standard InChI is InChI=1S/2C34H38N.3C16H11FN.C5H8O2.2Ir/c2*1-3-5-7-13-23-34(24-14-8-6-4-2)30-17-11-10-16-28(30)29-21-19-27(25-31(29)34)33-22-20-26-15-9-12-18-32(26)35-33;3*1-11-10-13(6-7-15(11)17)16-14-5-3-2-4-12(14)8-9-18-16;1-4(6)3-5(2)7;;/h2*9-12,15-18,20-22,25H,3-8,13-14,23-24H2,1-2H3;3*2-5,7-10H,1H3;3,6H,1-2H3;;/q5*-1;;;+3. The summed E-state index contributed by atoms with van der Waals surface area (Å²) in [6.45, 7) is 17.3. The Morgan fingerprint density at radius 3 is 0.947 bits per heavy atom. The summed E-state index contributed by atoms with van der Waals surface area (Å²) in [5, 5.41) is 17.3. The third-order valence-corrected chi connectivity index (χ3v) is 25.4. The van der Waals surface area contributed by atoms with E-state index in [2.05, 4.69) is 219 Å². The molecule has 0 saturated heterocycles. The number of aliphatic hydroxyl groups excluding tert-OH is 1. The van der Waals surface area contributed by atoms with Gasteiger partial charge in [-0.05, 0) is 153 Å². The van der Waals surface area contributed by atoms with E-state index in [1.165, 1.54) is 211 Å². The van der Waals surface area contributed by atoms with Crippen LogP contribution in [0.15, 0.2) is 303 Å². The molecule has 19 rings (SSSR count). The maximum atomic E-state index is 13.3. The van der Waals surface area contributed by atoms with Gasteiger partial charge in [0.25, 0.3) is 0 Å². The Morgan fingerprint density at radius 2 is 0.639 bits per heavy atom. The van der Waals surface area contributed by atoms with Gasteiger partial charge in [0.05, 0.1) is 16.8 Å². The van der Waals surface area contributed by atoms with Crippen molar-refractivity contribution in [2.24, 2.45) is 0 Å². The number of unbranched alkanes of at least 4 members (excludes halogenated alkanes) is 12.